The van der Waals surface area contributed by atoms with Gasteiger partial charge in [-0.05, 0) is 42.2 Å². The summed E-state index contributed by atoms with van der Waals surface area (Å²) in [5, 5.41) is 2.55. The molecular weight excluding hydrogens is 324 g/mol. The number of fused-ring (bicyclic) bond motifs is 1. The fourth-order valence-corrected chi connectivity index (χ4v) is 5.21. The Morgan fingerprint density at radius 2 is 1.71 bits per heavy atom. The Hall–Kier alpha value is -1.02. The van der Waals surface area contributed by atoms with E-state index in [1.54, 1.807) is 0 Å². The topological polar surface area (TPSA) is 9.23 Å². The van der Waals surface area contributed by atoms with E-state index in [0.29, 0.717) is 16.3 Å². The van der Waals surface area contributed by atoms with E-state index in [4.69, 9.17) is 4.74 Å². The molecule has 21 heavy (non-hydrogen) atoms. The van der Waals surface area contributed by atoms with Crippen molar-refractivity contribution in [2.45, 2.75) is 49.5 Å². The van der Waals surface area contributed by atoms with Crippen molar-refractivity contribution in [3.63, 3.8) is 0 Å². The third-order valence-electron chi connectivity index (χ3n) is 5.47. The van der Waals surface area contributed by atoms with Crippen LogP contribution in [-0.4, -0.2) is 10.9 Å². The Labute approximate surface area is 134 Å². The third kappa shape index (κ3) is 2.28. The van der Waals surface area contributed by atoms with Crippen LogP contribution >= 0.6 is 15.9 Å². The van der Waals surface area contributed by atoms with E-state index >= 15 is 0 Å². The molecule has 2 heteroatoms. The highest BCUT2D eigenvalue weighted by Crippen LogP contribution is 2.56. The second-order valence-electron chi connectivity index (χ2n) is 6.61. The molecule has 0 radical (unpaired) electrons. The summed E-state index contributed by atoms with van der Waals surface area (Å²) in [6, 6.07) is 15.0. The number of alkyl halides is 1. The number of ether oxygens (including phenoxy) is 1. The molecule has 2 saturated carbocycles. The van der Waals surface area contributed by atoms with Crippen molar-refractivity contribution in [3.05, 3.63) is 42.5 Å². The average Bonchev–Trinajstić information content (AvgIpc) is 2.55. The summed E-state index contributed by atoms with van der Waals surface area (Å²) in [6.45, 7) is 0. The molecule has 0 heterocycles. The molecular formula is C19H21BrO. The summed E-state index contributed by atoms with van der Waals surface area (Å²) >= 11 is 3.89. The van der Waals surface area contributed by atoms with Crippen molar-refractivity contribution in [2.24, 2.45) is 5.41 Å². The van der Waals surface area contributed by atoms with E-state index in [2.05, 4.69) is 58.4 Å². The molecule has 110 valence electrons. The van der Waals surface area contributed by atoms with Crippen LogP contribution in [0.15, 0.2) is 42.5 Å². The molecule has 0 N–H and O–H groups in total. The van der Waals surface area contributed by atoms with Gasteiger partial charge in [0.15, 0.2) is 0 Å². The standard InChI is InChI=1S/C19H21BrO/c20-17-13-18(19(17)10-4-1-5-11-19)21-16-9-8-14-6-2-3-7-15(14)12-16/h2-3,6-9,12,17-18H,1,4-5,10-11,13H2. The number of halogens is 1. The summed E-state index contributed by atoms with van der Waals surface area (Å²) in [5.74, 6) is 1.03. The van der Waals surface area contributed by atoms with Crippen LogP contribution in [-0.2, 0) is 0 Å². The highest BCUT2D eigenvalue weighted by atomic mass is 79.9. The normalized spacial score (nSPS) is 27.5. The van der Waals surface area contributed by atoms with E-state index in [1.165, 1.54) is 42.9 Å². The second-order valence-corrected chi connectivity index (χ2v) is 7.72. The number of rotatable bonds is 2. The molecule has 0 saturated heterocycles. The molecule has 0 aliphatic heterocycles. The first-order chi connectivity index (χ1) is 10.3. The van der Waals surface area contributed by atoms with Crippen molar-refractivity contribution in [2.75, 3.05) is 0 Å². The molecule has 2 aliphatic rings. The van der Waals surface area contributed by atoms with Crippen molar-refractivity contribution in [1.82, 2.24) is 0 Å². The lowest BCUT2D eigenvalue weighted by atomic mass is 9.58. The molecule has 2 fully saturated rings. The zero-order valence-corrected chi connectivity index (χ0v) is 13.8. The summed E-state index contributed by atoms with van der Waals surface area (Å²) in [7, 11) is 0. The molecule has 2 aromatic rings. The van der Waals surface area contributed by atoms with Gasteiger partial charge >= 0.3 is 0 Å². The average molecular weight is 345 g/mol. The predicted molar refractivity (Wildman–Crippen MR) is 91.2 cm³/mol. The first-order valence-electron chi connectivity index (χ1n) is 8.07. The Morgan fingerprint density at radius 3 is 2.48 bits per heavy atom. The highest BCUT2D eigenvalue weighted by Gasteiger charge is 2.55. The highest BCUT2D eigenvalue weighted by molar-refractivity contribution is 9.09. The zero-order valence-electron chi connectivity index (χ0n) is 12.2. The van der Waals surface area contributed by atoms with E-state index in [1.807, 2.05) is 0 Å². The molecule has 2 atom stereocenters. The summed E-state index contributed by atoms with van der Waals surface area (Å²) in [5.41, 5.74) is 0.393. The fraction of sp³-hybridized carbons (Fsp3) is 0.474. The van der Waals surface area contributed by atoms with Gasteiger partial charge in [-0.15, -0.1) is 0 Å². The fourth-order valence-electron chi connectivity index (χ4n) is 4.11. The van der Waals surface area contributed by atoms with Gasteiger partial charge in [-0.1, -0.05) is 65.5 Å². The first kappa shape index (κ1) is 13.6. The second kappa shape index (κ2) is 5.31. The molecule has 2 aliphatic carbocycles. The maximum atomic E-state index is 6.39. The molecule has 1 nitrogen and oxygen atoms in total. The quantitative estimate of drug-likeness (QED) is 0.634. The van der Waals surface area contributed by atoms with Gasteiger partial charge in [-0.3, -0.25) is 0 Å². The lowest BCUT2D eigenvalue weighted by molar-refractivity contribution is -0.0600. The van der Waals surface area contributed by atoms with Crippen LogP contribution in [0, 0.1) is 5.41 Å². The Bertz CT molecular complexity index is 645. The van der Waals surface area contributed by atoms with Crippen LogP contribution in [0.3, 0.4) is 0 Å². The third-order valence-corrected chi connectivity index (χ3v) is 6.76. The van der Waals surface area contributed by atoms with Gasteiger partial charge in [0.25, 0.3) is 0 Å². The lowest BCUT2D eigenvalue weighted by Gasteiger charge is -2.55. The number of hydrogen-bond donors (Lipinski definition) is 0. The monoisotopic (exact) mass is 344 g/mol. The van der Waals surface area contributed by atoms with E-state index in [0.717, 1.165) is 12.2 Å². The van der Waals surface area contributed by atoms with Crippen molar-refractivity contribution in [3.8, 4) is 5.75 Å². The van der Waals surface area contributed by atoms with Crippen molar-refractivity contribution < 1.29 is 4.74 Å². The van der Waals surface area contributed by atoms with Gasteiger partial charge in [0.05, 0.1) is 0 Å². The minimum absolute atomic E-state index is 0.392. The first-order valence-corrected chi connectivity index (χ1v) is 8.99. The van der Waals surface area contributed by atoms with Gasteiger partial charge in [-0.25, -0.2) is 0 Å². The molecule has 4 rings (SSSR count). The maximum Gasteiger partial charge on any atom is 0.120 e. The van der Waals surface area contributed by atoms with Gasteiger partial charge in [-0.2, -0.15) is 0 Å². The van der Waals surface area contributed by atoms with Crippen LogP contribution < -0.4 is 4.74 Å². The predicted octanol–water partition coefficient (Wildman–Crippen LogP) is 5.70. The van der Waals surface area contributed by atoms with E-state index in [9.17, 15) is 0 Å². The zero-order chi connectivity index (χ0) is 14.3. The van der Waals surface area contributed by atoms with Gasteiger partial charge in [0.2, 0.25) is 0 Å². The van der Waals surface area contributed by atoms with Gasteiger partial charge < -0.3 is 4.74 Å². The number of hydrogen-bond acceptors (Lipinski definition) is 1. The van der Waals surface area contributed by atoms with E-state index < -0.39 is 0 Å². The smallest absolute Gasteiger partial charge is 0.120 e. The minimum atomic E-state index is 0.392. The van der Waals surface area contributed by atoms with Crippen LogP contribution in [0.25, 0.3) is 10.8 Å². The Kier molecular flexibility index (Phi) is 3.45. The molecule has 0 amide bonds. The summed E-state index contributed by atoms with van der Waals surface area (Å²) in [4.78, 5) is 0.649. The molecule has 0 aromatic heterocycles. The number of benzene rings is 2. The van der Waals surface area contributed by atoms with Gasteiger partial charge in [0, 0.05) is 10.2 Å². The summed E-state index contributed by atoms with van der Waals surface area (Å²) in [6.07, 6.45) is 8.29. The molecule has 2 aromatic carbocycles. The van der Waals surface area contributed by atoms with Crippen molar-refractivity contribution in [1.29, 1.82) is 0 Å². The summed E-state index contributed by atoms with van der Waals surface area (Å²) < 4.78 is 6.39. The largest absolute Gasteiger partial charge is 0.490 e. The molecule has 0 bridgehead atoms. The van der Waals surface area contributed by atoms with Crippen LogP contribution in [0.5, 0.6) is 5.75 Å². The van der Waals surface area contributed by atoms with Crippen LogP contribution in [0.1, 0.15) is 38.5 Å². The van der Waals surface area contributed by atoms with Gasteiger partial charge in [0.1, 0.15) is 11.9 Å². The van der Waals surface area contributed by atoms with Crippen molar-refractivity contribution >= 4 is 26.7 Å². The SMILES string of the molecule is BrC1CC(Oc2ccc3ccccc3c2)C12CCCCC2. The molecule has 2 unspecified atom stereocenters. The van der Waals surface area contributed by atoms with Crippen LogP contribution in [0.2, 0.25) is 0 Å². The van der Waals surface area contributed by atoms with E-state index in [-0.39, 0.29) is 0 Å². The van der Waals surface area contributed by atoms with Crippen LogP contribution in [0.4, 0.5) is 0 Å². The Balaban J connectivity index is 1.57. The minimum Gasteiger partial charge on any atom is -0.490 e. The lowest BCUT2D eigenvalue weighted by Crippen LogP contribution is -2.57. The Morgan fingerprint density at radius 1 is 0.952 bits per heavy atom. The maximum absolute atomic E-state index is 6.39. The molecule has 1 spiro atoms.